The molecule has 1 heterocycles. The van der Waals surface area contributed by atoms with Crippen molar-refractivity contribution < 1.29 is 5.11 Å². The Labute approximate surface area is 103 Å². The molecule has 5 nitrogen and oxygen atoms in total. The number of aromatic hydroxyl groups is 1. The summed E-state index contributed by atoms with van der Waals surface area (Å²) in [5, 5.41) is 18.7. The highest BCUT2D eigenvalue weighted by Gasteiger charge is 2.11. The number of nitrogens with zero attached hydrogens (tertiary/aromatic N) is 3. The minimum atomic E-state index is 0.107. The summed E-state index contributed by atoms with van der Waals surface area (Å²) < 4.78 is 0. The van der Waals surface area contributed by atoms with Gasteiger partial charge in [-0.05, 0) is 31.2 Å². The van der Waals surface area contributed by atoms with Crippen LogP contribution in [-0.2, 0) is 0 Å². The van der Waals surface area contributed by atoms with Crippen LogP contribution in [0.2, 0.25) is 0 Å². The molecule has 5 heteroatoms. The lowest BCUT2D eigenvalue weighted by atomic mass is 10.1. The van der Waals surface area contributed by atoms with Crippen LogP contribution in [-0.4, -0.2) is 20.1 Å². The minimum Gasteiger partial charge on any atom is -0.505 e. The van der Waals surface area contributed by atoms with Crippen LogP contribution >= 0.6 is 0 Å². The number of anilines is 1. The van der Waals surface area contributed by atoms with Gasteiger partial charge in [-0.25, -0.2) is 0 Å². The average Bonchev–Trinajstić information content (AvgIpc) is 2.79. The van der Waals surface area contributed by atoms with Crippen molar-refractivity contribution in [2.75, 3.05) is 5.73 Å². The van der Waals surface area contributed by atoms with Crippen molar-refractivity contribution in [3.8, 4) is 11.4 Å². The third-order valence-electron chi connectivity index (χ3n) is 2.95. The summed E-state index contributed by atoms with van der Waals surface area (Å²) in [7, 11) is 0. The standard InChI is InChI=1S/C13H12N4O/c1-8-9(14)6-7-12(13(8)18)17-15-10-4-2-3-5-11(10)16-17/h2-7,18H,14H2,1H3. The second-order valence-corrected chi connectivity index (χ2v) is 4.13. The lowest BCUT2D eigenvalue weighted by Gasteiger charge is -2.07. The first kappa shape index (κ1) is 10.6. The number of phenolic OH excluding ortho intramolecular Hbond substituents is 1. The first-order valence-electron chi connectivity index (χ1n) is 5.57. The Morgan fingerprint density at radius 1 is 1.06 bits per heavy atom. The van der Waals surface area contributed by atoms with Gasteiger partial charge in [0.15, 0.2) is 0 Å². The van der Waals surface area contributed by atoms with Crippen molar-refractivity contribution in [2.24, 2.45) is 0 Å². The molecule has 0 unspecified atom stereocenters. The van der Waals surface area contributed by atoms with Gasteiger partial charge in [-0.1, -0.05) is 12.1 Å². The number of phenols is 1. The fraction of sp³-hybridized carbons (Fsp3) is 0.0769. The smallest absolute Gasteiger partial charge is 0.148 e. The quantitative estimate of drug-likeness (QED) is 0.638. The van der Waals surface area contributed by atoms with E-state index in [1.807, 2.05) is 24.3 Å². The summed E-state index contributed by atoms with van der Waals surface area (Å²) >= 11 is 0. The Morgan fingerprint density at radius 3 is 2.28 bits per heavy atom. The molecule has 0 bridgehead atoms. The zero-order chi connectivity index (χ0) is 12.7. The summed E-state index contributed by atoms with van der Waals surface area (Å²) in [6.07, 6.45) is 0. The van der Waals surface area contributed by atoms with E-state index in [9.17, 15) is 5.11 Å². The number of nitrogens with two attached hydrogens (primary N) is 1. The Kier molecular flexibility index (Phi) is 2.19. The maximum absolute atomic E-state index is 10.1. The lowest BCUT2D eigenvalue weighted by Crippen LogP contribution is -2.01. The molecule has 0 fully saturated rings. The van der Waals surface area contributed by atoms with Gasteiger partial charge in [0.25, 0.3) is 0 Å². The zero-order valence-corrected chi connectivity index (χ0v) is 9.83. The predicted octanol–water partition coefficient (Wildman–Crippen LogP) is 2.02. The zero-order valence-electron chi connectivity index (χ0n) is 9.83. The van der Waals surface area contributed by atoms with E-state index >= 15 is 0 Å². The highest BCUT2D eigenvalue weighted by molar-refractivity contribution is 5.74. The van der Waals surface area contributed by atoms with E-state index < -0.39 is 0 Å². The lowest BCUT2D eigenvalue weighted by molar-refractivity contribution is 0.464. The van der Waals surface area contributed by atoms with Gasteiger partial charge >= 0.3 is 0 Å². The first-order chi connectivity index (χ1) is 8.66. The number of aromatic nitrogens is 3. The van der Waals surface area contributed by atoms with Gasteiger partial charge in [0.05, 0.1) is 0 Å². The number of rotatable bonds is 1. The normalized spacial score (nSPS) is 10.9. The molecule has 0 radical (unpaired) electrons. The largest absolute Gasteiger partial charge is 0.505 e. The van der Waals surface area contributed by atoms with E-state index in [1.165, 1.54) is 4.80 Å². The Hall–Kier alpha value is -2.56. The molecule has 90 valence electrons. The molecule has 3 aromatic rings. The van der Waals surface area contributed by atoms with E-state index in [0.29, 0.717) is 16.9 Å². The monoisotopic (exact) mass is 240 g/mol. The fourth-order valence-electron chi connectivity index (χ4n) is 1.83. The second kappa shape index (κ2) is 3.73. The molecular formula is C13H12N4O. The van der Waals surface area contributed by atoms with Crippen molar-refractivity contribution >= 4 is 16.7 Å². The second-order valence-electron chi connectivity index (χ2n) is 4.13. The molecule has 0 saturated carbocycles. The molecule has 3 N–H and O–H groups in total. The molecule has 0 amide bonds. The average molecular weight is 240 g/mol. The molecule has 0 atom stereocenters. The van der Waals surface area contributed by atoms with E-state index in [4.69, 9.17) is 5.73 Å². The van der Waals surface area contributed by atoms with Crippen molar-refractivity contribution in [3.63, 3.8) is 0 Å². The summed E-state index contributed by atoms with van der Waals surface area (Å²) in [6, 6.07) is 11.0. The van der Waals surface area contributed by atoms with Crippen molar-refractivity contribution in [1.29, 1.82) is 0 Å². The van der Waals surface area contributed by atoms with Crippen LogP contribution in [0.25, 0.3) is 16.7 Å². The number of hydrogen-bond acceptors (Lipinski definition) is 4. The fourth-order valence-corrected chi connectivity index (χ4v) is 1.83. The molecule has 18 heavy (non-hydrogen) atoms. The van der Waals surface area contributed by atoms with Crippen LogP contribution in [0.1, 0.15) is 5.56 Å². The summed E-state index contributed by atoms with van der Waals surface area (Å²) in [4.78, 5) is 1.42. The van der Waals surface area contributed by atoms with Crippen LogP contribution in [0.4, 0.5) is 5.69 Å². The molecular weight excluding hydrogens is 228 g/mol. The number of benzene rings is 2. The Bertz CT molecular complexity index is 700. The van der Waals surface area contributed by atoms with Crippen molar-refractivity contribution in [1.82, 2.24) is 15.0 Å². The van der Waals surface area contributed by atoms with Gasteiger partial charge in [0.2, 0.25) is 0 Å². The first-order valence-corrected chi connectivity index (χ1v) is 5.57. The third kappa shape index (κ3) is 1.48. The van der Waals surface area contributed by atoms with Crippen molar-refractivity contribution in [2.45, 2.75) is 6.92 Å². The van der Waals surface area contributed by atoms with E-state index in [0.717, 1.165) is 11.0 Å². The number of fused-ring (bicyclic) bond motifs is 1. The SMILES string of the molecule is Cc1c(N)ccc(-n2nc3ccccc3n2)c1O. The van der Waals surface area contributed by atoms with Gasteiger partial charge in [-0.15, -0.1) is 15.0 Å². The Balaban J connectivity index is 2.23. The number of hydrogen-bond donors (Lipinski definition) is 2. The summed E-state index contributed by atoms with van der Waals surface area (Å²) in [5.41, 5.74) is 9.01. The summed E-state index contributed by atoms with van der Waals surface area (Å²) in [6.45, 7) is 1.76. The van der Waals surface area contributed by atoms with Gasteiger partial charge < -0.3 is 10.8 Å². The van der Waals surface area contributed by atoms with Crippen LogP contribution in [0.15, 0.2) is 36.4 Å². The van der Waals surface area contributed by atoms with E-state index in [-0.39, 0.29) is 5.75 Å². The van der Waals surface area contributed by atoms with E-state index in [1.54, 1.807) is 19.1 Å². The molecule has 2 aromatic carbocycles. The van der Waals surface area contributed by atoms with Crippen LogP contribution in [0.3, 0.4) is 0 Å². The van der Waals surface area contributed by atoms with Gasteiger partial charge in [-0.2, -0.15) is 0 Å². The maximum Gasteiger partial charge on any atom is 0.148 e. The molecule has 0 aliphatic rings. The highest BCUT2D eigenvalue weighted by Crippen LogP contribution is 2.29. The van der Waals surface area contributed by atoms with Gasteiger partial charge in [-0.3, -0.25) is 0 Å². The molecule has 0 aliphatic carbocycles. The van der Waals surface area contributed by atoms with Crippen LogP contribution in [0.5, 0.6) is 5.75 Å². The maximum atomic E-state index is 10.1. The van der Waals surface area contributed by atoms with Gasteiger partial charge in [0, 0.05) is 11.3 Å². The Morgan fingerprint density at radius 2 is 1.67 bits per heavy atom. The highest BCUT2D eigenvalue weighted by atomic mass is 16.3. The van der Waals surface area contributed by atoms with Crippen LogP contribution in [0, 0.1) is 6.92 Å². The molecule has 0 saturated heterocycles. The summed E-state index contributed by atoms with van der Waals surface area (Å²) in [5.74, 6) is 0.107. The van der Waals surface area contributed by atoms with Crippen LogP contribution < -0.4 is 5.73 Å². The molecule has 0 spiro atoms. The minimum absolute atomic E-state index is 0.107. The van der Waals surface area contributed by atoms with E-state index in [2.05, 4.69) is 10.2 Å². The molecule has 0 aliphatic heterocycles. The third-order valence-corrected chi connectivity index (χ3v) is 2.95. The van der Waals surface area contributed by atoms with Crippen molar-refractivity contribution in [3.05, 3.63) is 42.0 Å². The molecule has 3 rings (SSSR count). The topological polar surface area (TPSA) is 77.0 Å². The number of nitrogen functional groups attached to an aromatic ring is 1. The predicted molar refractivity (Wildman–Crippen MR) is 69.7 cm³/mol. The van der Waals surface area contributed by atoms with Gasteiger partial charge in [0.1, 0.15) is 22.5 Å². The molecule has 1 aromatic heterocycles.